The van der Waals surface area contributed by atoms with Gasteiger partial charge in [-0.2, -0.15) is 5.10 Å². The van der Waals surface area contributed by atoms with Crippen LogP contribution in [-0.4, -0.2) is 35.9 Å². The van der Waals surface area contributed by atoms with Gasteiger partial charge in [0.25, 0.3) is 0 Å². The summed E-state index contributed by atoms with van der Waals surface area (Å²) >= 11 is 4.68. The predicted octanol–water partition coefficient (Wildman–Crippen LogP) is 4.68. The van der Waals surface area contributed by atoms with Gasteiger partial charge in [0.1, 0.15) is 11.3 Å². The maximum Gasteiger partial charge on any atom is 0.234 e. The van der Waals surface area contributed by atoms with Crippen molar-refractivity contribution in [1.82, 2.24) is 24.2 Å². The number of benzene rings is 2. The number of amides is 1. The molecule has 5 rings (SSSR count). The van der Waals surface area contributed by atoms with E-state index < -0.39 is 0 Å². The zero-order valence-electron chi connectivity index (χ0n) is 15.9. The Kier molecular flexibility index (Phi) is 5.16. The van der Waals surface area contributed by atoms with E-state index in [1.807, 2.05) is 34.7 Å². The number of rotatable bonds is 5. The summed E-state index contributed by atoms with van der Waals surface area (Å²) in [6.45, 7) is 0. The molecule has 1 amide bonds. The number of nitrogens with one attached hydrogen (secondary N) is 1. The molecule has 3 heterocycles. The normalized spacial score (nSPS) is 11.3. The lowest BCUT2D eigenvalue weighted by Gasteiger charge is -2.05. The second-order valence-corrected chi connectivity index (χ2v) is 8.55. The lowest BCUT2D eigenvalue weighted by Crippen LogP contribution is -2.14. The number of aromatic nitrogens is 5. The van der Waals surface area contributed by atoms with Crippen LogP contribution in [0.1, 0.15) is 0 Å². The van der Waals surface area contributed by atoms with E-state index in [1.165, 1.54) is 23.9 Å². The minimum atomic E-state index is -0.294. The summed E-state index contributed by atoms with van der Waals surface area (Å²) in [4.78, 5) is 12.3. The van der Waals surface area contributed by atoms with Crippen LogP contribution in [0.3, 0.4) is 0 Å². The van der Waals surface area contributed by atoms with E-state index in [2.05, 4.69) is 36.5 Å². The molecule has 10 heteroatoms. The van der Waals surface area contributed by atoms with Crippen molar-refractivity contribution in [2.45, 2.75) is 5.16 Å². The number of carbonyl (C=O) groups excluding carboxylic acids is 1. The molecule has 0 radical (unpaired) electrons. The largest absolute Gasteiger partial charge is 0.325 e. The fourth-order valence-electron chi connectivity index (χ4n) is 3.14. The van der Waals surface area contributed by atoms with Crippen LogP contribution in [0.15, 0.2) is 76.6 Å². The molecule has 0 bridgehead atoms. The minimum Gasteiger partial charge on any atom is -0.325 e. The van der Waals surface area contributed by atoms with E-state index in [9.17, 15) is 9.18 Å². The zero-order valence-corrected chi connectivity index (χ0v) is 18.3. The molecule has 0 aliphatic heterocycles. The highest BCUT2D eigenvalue weighted by molar-refractivity contribution is 9.10. The monoisotopic (exact) mass is 496 g/mol. The number of halogens is 2. The molecule has 3 aromatic heterocycles. The Balaban J connectivity index is 1.37. The first-order valence-corrected chi connectivity index (χ1v) is 11.0. The van der Waals surface area contributed by atoms with Crippen LogP contribution in [0.25, 0.3) is 22.4 Å². The Morgan fingerprint density at radius 2 is 1.94 bits per heavy atom. The highest BCUT2D eigenvalue weighted by atomic mass is 79.9. The van der Waals surface area contributed by atoms with Crippen LogP contribution in [0.5, 0.6) is 0 Å². The van der Waals surface area contributed by atoms with Gasteiger partial charge in [0.05, 0.1) is 11.4 Å². The maximum absolute atomic E-state index is 13.2. The van der Waals surface area contributed by atoms with Gasteiger partial charge in [-0.25, -0.2) is 8.91 Å². The minimum absolute atomic E-state index is 0.135. The fourth-order valence-corrected chi connectivity index (χ4v) is 4.26. The van der Waals surface area contributed by atoms with E-state index in [4.69, 9.17) is 0 Å². The van der Waals surface area contributed by atoms with Crippen LogP contribution in [0.4, 0.5) is 10.1 Å². The summed E-state index contributed by atoms with van der Waals surface area (Å²) in [7, 11) is 0. The Labute approximate surface area is 188 Å². The molecule has 5 aromatic rings. The number of hydrogen-bond acceptors (Lipinski definition) is 5. The third-order valence-corrected chi connectivity index (χ3v) is 6.00. The van der Waals surface area contributed by atoms with Gasteiger partial charge in [-0.1, -0.05) is 33.8 Å². The first-order valence-electron chi connectivity index (χ1n) is 9.24. The number of hydrogen-bond donors (Lipinski definition) is 1. The molecule has 0 atom stereocenters. The maximum atomic E-state index is 13.2. The van der Waals surface area contributed by atoms with Crippen molar-refractivity contribution >= 4 is 50.5 Å². The van der Waals surface area contributed by atoms with Gasteiger partial charge in [-0.15, -0.1) is 10.2 Å². The summed E-state index contributed by atoms with van der Waals surface area (Å²) in [5, 5.41) is 16.5. The van der Waals surface area contributed by atoms with Crippen molar-refractivity contribution in [2.75, 3.05) is 11.1 Å². The summed E-state index contributed by atoms with van der Waals surface area (Å²) < 4.78 is 17.6. The van der Waals surface area contributed by atoms with E-state index in [-0.39, 0.29) is 17.5 Å². The summed E-state index contributed by atoms with van der Waals surface area (Å²) in [6, 6.07) is 15.5. The molecule has 0 saturated heterocycles. The van der Waals surface area contributed by atoms with Crippen LogP contribution >= 0.6 is 27.7 Å². The number of anilines is 1. The van der Waals surface area contributed by atoms with E-state index in [0.717, 1.165) is 21.2 Å². The first-order chi connectivity index (χ1) is 15.1. The van der Waals surface area contributed by atoms with Crippen molar-refractivity contribution in [2.24, 2.45) is 0 Å². The van der Waals surface area contributed by atoms with Crippen molar-refractivity contribution in [3.05, 3.63) is 77.3 Å². The Morgan fingerprint density at radius 3 is 2.74 bits per heavy atom. The van der Waals surface area contributed by atoms with Gasteiger partial charge in [0.2, 0.25) is 5.91 Å². The van der Waals surface area contributed by atoms with E-state index >= 15 is 0 Å². The van der Waals surface area contributed by atoms with Gasteiger partial charge in [0.15, 0.2) is 10.8 Å². The number of thioether (sulfide) groups is 1. The standard InChI is InChI=1S/C21H14BrFN6OS/c22-14-2-1-3-16(10-14)24-19(30)12-31-21-26-25-20-18-11-17(13-4-6-15(23)7-5-13)27-29(18)9-8-28(20)21/h1-11H,12H2,(H,24,30). The van der Waals surface area contributed by atoms with Crippen LogP contribution in [-0.2, 0) is 4.79 Å². The number of nitrogens with zero attached hydrogens (tertiary/aromatic N) is 5. The molecule has 0 spiro atoms. The molecule has 2 aromatic carbocycles. The molecule has 7 nitrogen and oxygen atoms in total. The SMILES string of the molecule is O=C(CSc1nnc2c3cc(-c4ccc(F)cc4)nn3ccn12)Nc1cccc(Br)c1. The van der Waals surface area contributed by atoms with Crippen LogP contribution < -0.4 is 5.32 Å². The average molecular weight is 497 g/mol. The molecule has 0 aliphatic carbocycles. The average Bonchev–Trinajstić information content (AvgIpc) is 3.36. The first kappa shape index (κ1) is 19.7. The molecular formula is C21H14BrFN6OS. The molecule has 0 saturated carbocycles. The van der Waals surface area contributed by atoms with Gasteiger partial charge < -0.3 is 5.32 Å². The Hall–Kier alpha value is -3.24. The summed E-state index contributed by atoms with van der Waals surface area (Å²) in [6.07, 6.45) is 3.60. The Morgan fingerprint density at radius 1 is 1.10 bits per heavy atom. The molecule has 31 heavy (non-hydrogen) atoms. The third kappa shape index (κ3) is 4.04. The molecular weight excluding hydrogens is 483 g/mol. The van der Waals surface area contributed by atoms with Crippen LogP contribution in [0, 0.1) is 5.82 Å². The number of carbonyl (C=O) groups is 1. The van der Waals surface area contributed by atoms with Crippen molar-refractivity contribution in [1.29, 1.82) is 0 Å². The second kappa shape index (κ2) is 8.12. The van der Waals surface area contributed by atoms with Crippen molar-refractivity contribution in [3.8, 4) is 11.3 Å². The third-order valence-electron chi connectivity index (χ3n) is 4.57. The molecule has 0 aliphatic rings. The number of fused-ring (bicyclic) bond motifs is 3. The predicted molar refractivity (Wildman–Crippen MR) is 121 cm³/mol. The lowest BCUT2D eigenvalue weighted by atomic mass is 10.1. The van der Waals surface area contributed by atoms with Gasteiger partial charge >= 0.3 is 0 Å². The Bertz CT molecular complexity index is 1410. The highest BCUT2D eigenvalue weighted by Crippen LogP contribution is 2.24. The van der Waals surface area contributed by atoms with Gasteiger partial charge in [-0.05, 0) is 48.5 Å². The van der Waals surface area contributed by atoms with Crippen molar-refractivity contribution in [3.63, 3.8) is 0 Å². The second-order valence-electron chi connectivity index (χ2n) is 6.69. The van der Waals surface area contributed by atoms with E-state index in [0.29, 0.717) is 16.5 Å². The molecule has 0 unspecified atom stereocenters. The summed E-state index contributed by atoms with van der Waals surface area (Å²) in [5.41, 5.74) is 3.62. The lowest BCUT2D eigenvalue weighted by molar-refractivity contribution is -0.113. The summed E-state index contributed by atoms with van der Waals surface area (Å²) in [5.74, 6) is -0.236. The van der Waals surface area contributed by atoms with Gasteiger partial charge in [-0.3, -0.25) is 9.20 Å². The van der Waals surface area contributed by atoms with Gasteiger partial charge in [0, 0.05) is 28.1 Å². The fraction of sp³-hybridized carbons (Fsp3) is 0.0476. The smallest absolute Gasteiger partial charge is 0.234 e. The van der Waals surface area contributed by atoms with Crippen molar-refractivity contribution < 1.29 is 9.18 Å². The molecule has 0 fully saturated rings. The topological polar surface area (TPSA) is 76.6 Å². The highest BCUT2D eigenvalue weighted by Gasteiger charge is 2.14. The van der Waals surface area contributed by atoms with Crippen LogP contribution in [0.2, 0.25) is 0 Å². The quantitative estimate of drug-likeness (QED) is 0.357. The zero-order chi connectivity index (χ0) is 21.4. The van der Waals surface area contributed by atoms with E-state index in [1.54, 1.807) is 29.0 Å². The molecule has 1 N–H and O–H groups in total. The molecule has 154 valence electrons.